The summed E-state index contributed by atoms with van der Waals surface area (Å²) in [6, 6.07) is 5.43. The number of carbonyl (C=O) groups excluding carboxylic acids is 1. The van der Waals surface area contributed by atoms with E-state index in [1.807, 2.05) is 18.2 Å². The van der Waals surface area contributed by atoms with Crippen LogP contribution in [0.25, 0.3) is 10.9 Å². The molecule has 1 aromatic carbocycles. The van der Waals surface area contributed by atoms with E-state index in [4.69, 9.17) is 16.3 Å². The molecule has 6 nitrogen and oxygen atoms in total. The molecule has 2 amide bonds. The average molecular weight is 351 g/mol. The molecule has 0 aliphatic heterocycles. The Morgan fingerprint density at radius 2 is 2.30 bits per heavy atom. The summed E-state index contributed by atoms with van der Waals surface area (Å²) >= 11 is 7.81. The van der Waals surface area contributed by atoms with E-state index in [2.05, 4.69) is 20.6 Å². The highest BCUT2D eigenvalue weighted by Gasteiger charge is 2.09. The first-order valence-corrected chi connectivity index (χ1v) is 8.18. The van der Waals surface area contributed by atoms with E-state index in [0.29, 0.717) is 23.9 Å². The fourth-order valence-corrected chi connectivity index (χ4v) is 2.86. The zero-order valence-corrected chi connectivity index (χ0v) is 13.9. The largest absolute Gasteiger partial charge is 0.486 e. The van der Waals surface area contributed by atoms with Crippen LogP contribution in [0.4, 0.5) is 4.79 Å². The van der Waals surface area contributed by atoms with E-state index in [9.17, 15) is 4.79 Å². The Hall–Kier alpha value is -2.25. The Bertz CT molecular complexity index is 816. The molecule has 2 heterocycles. The molecule has 3 N–H and O–H groups in total. The highest BCUT2D eigenvalue weighted by atomic mass is 35.5. The molecule has 0 spiro atoms. The van der Waals surface area contributed by atoms with E-state index in [1.165, 1.54) is 11.3 Å². The summed E-state index contributed by atoms with van der Waals surface area (Å²) in [5.41, 5.74) is 3.56. The van der Waals surface area contributed by atoms with E-state index in [0.717, 1.165) is 21.5 Å². The smallest absolute Gasteiger partial charge is 0.314 e. The molecule has 2 aromatic heterocycles. The van der Waals surface area contributed by atoms with Crippen LogP contribution in [0.15, 0.2) is 29.9 Å². The second kappa shape index (κ2) is 6.89. The zero-order valence-electron chi connectivity index (χ0n) is 12.4. The monoisotopic (exact) mass is 350 g/mol. The lowest BCUT2D eigenvalue weighted by atomic mass is 10.2. The van der Waals surface area contributed by atoms with Gasteiger partial charge in [-0.1, -0.05) is 11.6 Å². The van der Waals surface area contributed by atoms with Crippen LogP contribution in [0.2, 0.25) is 5.02 Å². The van der Waals surface area contributed by atoms with Crippen molar-refractivity contribution in [1.82, 2.24) is 20.6 Å². The van der Waals surface area contributed by atoms with Crippen LogP contribution < -0.4 is 15.4 Å². The number of nitrogens with zero attached hydrogens (tertiary/aromatic N) is 1. The number of H-pyrrole nitrogens is 1. The van der Waals surface area contributed by atoms with Crippen molar-refractivity contribution in [2.24, 2.45) is 0 Å². The SMILES string of the molecule is CNC(=O)NCc1cc2cc(Cl)c(OCc3cncs3)cc2[nH]1. The van der Waals surface area contributed by atoms with Crippen molar-refractivity contribution in [3.05, 3.63) is 45.5 Å². The number of benzene rings is 1. The van der Waals surface area contributed by atoms with Crippen molar-refractivity contribution in [2.75, 3.05) is 7.05 Å². The Balaban J connectivity index is 1.75. The number of hydrogen-bond acceptors (Lipinski definition) is 4. The summed E-state index contributed by atoms with van der Waals surface area (Å²) in [4.78, 5) is 19.5. The van der Waals surface area contributed by atoms with Crippen LogP contribution >= 0.6 is 22.9 Å². The summed E-state index contributed by atoms with van der Waals surface area (Å²) < 4.78 is 5.75. The van der Waals surface area contributed by atoms with Gasteiger partial charge >= 0.3 is 6.03 Å². The quantitative estimate of drug-likeness (QED) is 0.660. The number of thiazole rings is 1. The summed E-state index contributed by atoms with van der Waals surface area (Å²) in [5, 5.41) is 6.75. The van der Waals surface area contributed by atoms with Crippen LogP contribution in [-0.2, 0) is 13.2 Å². The summed E-state index contributed by atoms with van der Waals surface area (Å²) in [5.74, 6) is 0.611. The molecular formula is C15H15ClN4O2S. The average Bonchev–Trinajstić information content (AvgIpc) is 3.19. The first-order chi connectivity index (χ1) is 11.2. The van der Waals surface area contributed by atoms with E-state index in [-0.39, 0.29) is 6.03 Å². The normalized spacial score (nSPS) is 10.7. The number of ether oxygens (including phenoxy) is 1. The minimum atomic E-state index is -0.227. The van der Waals surface area contributed by atoms with Crippen molar-refractivity contribution in [2.45, 2.75) is 13.2 Å². The molecule has 0 aliphatic rings. The molecular weight excluding hydrogens is 336 g/mol. The van der Waals surface area contributed by atoms with Gasteiger partial charge in [0.15, 0.2) is 0 Å². The number of fused-ring (bicyclic) bond motifs is 1. The van der Waals surface area contributed by atoms with Crippen molar-refractivity contribution in [3.63, 3.8) is 0 Å². The number of aromatic nitrogens is 2. The number of hydrogen-bond donors (Lipinski definition) is 3. The van der Waals surface area contributed by atoms with Crippen LogP contribution in [-0.4, -0.2) is 23.0 Å². The maximum Gasteiger partial charge on any atom is 0.314 e. The number of rotatable bonds is 5. The molecule has 8 heteroatoms. The first kappa shape index (κ1) is 15.6. The van der Waals surface area contributed by atoms with Crippen LogP contribution in [0.3, 0.4) is 0 Å². The molecule has 3 rings (SSSR count). The molecule has 0 fully saturated rings. The maximum atomic E-state index is 11.2. The third-order valence-corrected chi connectivity index (χ3v) is 4.30. The van der Waals surface area contributed by atoms with E-state index in [1.54, 1.807) is 18.8 Å². The molecule has 3 aromatic rings. The van der Waals surface area contributed by atoms with Gasteiger partial charge in [-0.2, -0.15) is 0 Å². The van der Waals surface area contributed by atoms with Gasteiger partial charge in [-0.15, -0.1) is 11.3 Å². The summed E-state index contributed by atoms with van der Waals surface area (Å²) in [6.45, 7) is 0.838. The van der Waals surface area contributed by atoms with Gasteiger partial charge in [-0.25, -0.2) is 4.79 Å². The molecule has 23 heavy (non-hydrogen) atoms. The Morgan fingerprint density at radius 1 is 1.43 bits per heavy atom. The topological polar surface area (TPSA) is 79.0 Å². The van der Waals surface area contributed by atoms with Crippen LogP contribution in [0, 0.1) is 0 Å². The predicted octanol–water partition coefficient (Wildman–Crippen LogP) is 3.29. The minimum absolute atomic E-state index is 0.227. The molecule has 0 radical (unpaired) electrons. The van der Waals surface area contributed by atoms with Gasteiger partial charge in [0, 0.05) is 35.9 Å². The highest BCUT2D eigenvalue weighted by Crippen LogP contribution is 2.31. The first-order valence-electron chi connectivity index (χ1n) is 6.92. The zero-order chi connectivity index (χ0) is 16.2. The van der Waals surface area contributed by atoms with Gasteiger partial charge in [0.1, 0.15) is 12.4 Å². The van der Waals surface area contributed by atoms with Crippen molar-refractivity contribution in [1.29, 1.82) is 0 Å². The third kappa shape index (κ3) is 3.75. The van der Waals surface area contributed by atoms with Crippen LogP contribution in [0.5, 0.6) is 5.75 Å². The fourth-order valence-electron chi connectivity index (χ4n) is 2.13. The molecule has 0 saturated heterocycles. The number of nitrogens with one attached hydrogen (secondary N) is 3. The van der Waals surface area contributed by atoms with E-state index < -0.39 is 0 Å². The summed E-state index contributed by atoms with van der Waals surface area (Å²) in [7, 11) is 1.58. The van der Waals surface area contributed by atoms with Gasteiger partial charge in [0.2, 0.25) is 0 Å². The van der Waals surface area contributed by atoms with Gasteiger partial charge < -0.3 is 20.4 Å². The van der Waals surface area contributed by atoms with Gasteiger partial charge in [0.25, 0.3) is 0 Å². The Kier molecular flexibility index (Phi) is 4.68. The van der Waals surface area contributed by atoms with Gasteiger partial charge in [-0.3, -0.25) is 4.98 Å². The van der Waals surface area contributed by atoms with Gasteiger partial charge in [0.05, 0.1) is 22.0 Å². The van der Waals surface area contributed by atoms with Crippen molar-refractivity contribution < 1.29 is 9.53 Å². The maximum absolute atomic E-state index is 11.2. The Morgan fingerprint density at radius 3 is 3.04 bits per heavy atom. The molecule has 0 atom stereocenters. The minimum Gasteiger partial charge on any atom is -0.486 e. The predicted molar refractivity (Wildman–Crippen MR) is 91.1 cm³/mol. The van der Waals surface area contributed by atoms with Crippen molar-refractivity contribution in [3.8, 4) is 5.75 Å². The number of amides is 2. The second-order valence-electron chi connectivity index (χ2n) is 4.85. The molecule has 0 bridgehead atoms. The fraction of sp³-hybridized carbons (Fsp3) is 0.200. The molecule has 120 valence electrons. The standard InChI is InChI=1S/C15H15ClN4O2S/c1-17-15(21)19-5-10-2-9-3-12(16)14(4-13(9)20-10)22-7-11-6-18-8-23-11/h2-4,6,8,20H,5,7H2,1H3,(H2,17,19,21). The molecule has 0 saturated carbocycles. The lowest BCUT2D eigenvalue weighted by Crippen LogP contribution is -2.32. The Labute approximate surface area is 141 Å². The summed E-state index contributed by atoms with van der Waals surface area (Å²) in [6.07, 6.45) is 1.77. The van der Waals surface area contributed by atoms with Crippen molar-refractivity contribution >= 4 is 39.9 Å². The number of carbonyl (C=O) groups is 1. The number of halogens is 1. The van der Waals surface area contributed by atoms with Gasteiger partial charge in [-0.05, 0) is 12.1 Å². The second-order valence-corrected chi connectivity index (χ2v) is 6.23. The van der Waals surface area contributed by atoms with Crippen LogP contribution in [0.1, 0.15) is 10.6 Å². The molecule has 0 unspecified atom stereocenters. The highest BCUT2D eigenvalue weighted by molar-refractivity contribution is 7.09. The number of aromatic amines is 1. The third-order valence-electron chi connectivity index (χ3n) is 3.25. The lowest BCUT2D eigenvalue weighted by molar-refractivity contribution is 0.242. The number of urea groups is 1. The lowest BCUT2D eigenvalue weighted by Gasteiger charge is -2.06. The molecule has 0 aliphatic carbocycles. The van der Waals surface area contributed by atoms with E-state index >= 15 is 0 Å².